The van der Waals surface area contributed by atoms with E-state index in [2.05, 4.69) is 31.1 Å². The number of nitrogens with zero attached hydrogens (tertiary/aromatic N) is 4. The Bertz CT molecular complexity index is 711. The molecule has 0 saturated heterocycles. The van der Waals surface area contributed by atoms with E-state index < -0.39 is 0 Å². The third-order valence-electron chi connectivity index (χ3n) is 2.32. The normalized spacial score (nSPS) is 10.9. The van der Waals surface area contributed by atoms with Crippen LogP contribution in [-0.4, -0.2) is 19.6 Å². The molecule has 0 spiro atoms. The van der Waals surface area contributed by atoms with Gasteiger partial charge < -0.3 is 5.73 Å². The van der Waals surface area contributed by atoms with Crippen LogP contribution in [0.4, 0.5) is 5.69 Å². The average Bonchev–Trinajstić information content (AvgIpc) is 2.76. The second-order valence-corrected chi connectivity index (χ2v) is 5.43. The van der Waals surface area contributed by atoms with Crippen LogP contribution in [0.5, 0.6) is 0 Å². The first-order chi connectivity index (χ1) is 8.74. The van der Waals surface area contributed by atoms with Gasteiger partial charge in [0, 0.05) is 16.9 Å². The highest BCUT2D eigenvalue weighted by atomic mass is 79.9. The van der Waals surface area contributed by atoms with E-state index in [1.807, 2.05) is 34.9 Å². The molecule has 18 heavy (non-hydrogen) atoms. The van der Waals surface area contributed by atoms with E-state index in [1.165, 1.54) is 11.8 Å². The Balaban J connectivity index is 2.01. The highest BCUT2D eigenvalue weighted by Crippen LogP contribution is 2.30. The van der Waals surface area contributed by atoms with Crippen LogP contribution in [0, 0.1) is 0 Å². The van der Waals surface area contributed by atoms with Crippen molar-refractivity contribution >= 4 is 39.0 Å². The number of nitrogens with two attached hydrogens (primary N) is 1. The predicted octanol–water partition coefficient (Wildman–Crippen LogP) is 2.62. The van der Waals surface area contributed by atoms with E-state index in [4.69, 9.17) is 5.73 Å². The molecule has 0 aromatic carbocycles. The lowest BCUT2D eigenvalue weighted by Gasteiger charge is -2.03. The summed E-state index contributed by atoms with van der Waals surface area (Å²) in [6.45, 7) is 0. The Morgan fingerprint density at radius 2 is 2.17 bits per heavy atom. The third kappa shape index (κ3) is 2.06. The number of fused-ring (bicyclic) bond motifs is 1. The Kier molecular flexibility index (Phi) is 2.92. The molecule has 0 radical (unpaired) electrons. The molecule has 3 heterocycles. The number of aromatic nitrogens is 4. The zero-order valence-corrected chi connectivity index (χ0v) is 11.5. The third-order valence-corrected chi connectivity index (χ3v) is 3.74. The number of nitrogen functional groups attached to an aromatic ring is 1. The van der Waals surface area contributed by atoms with Crippen LogP contribution in [0.15, 0.2) is 51.3 Å². The Morgan fingerprint density at radius 1 is 1.28 bits per heavy atom. The van der Waals surface area contributed by atoms with Gasteiger partial charge in [-0.15, -0.1) is 10.2 Å². The van der Waals surface area contributed by atoms with Crippen LogP contribution in [-0.2, 0) is 0 Å². The SMILES string of the molecule is Nc1cc(Br)cnc1Sc1nnc2ccccn12. The van der Waals surface area contributed by atoms with Gasteiger partial charge in [0.15, 0.2) is 5.65 Å². The molecule has 3 aromatic rings. The topological polar surface area (TPSA) is 69.1 Å². The van der Waals surface area contributed by atoms with E-state index in [9.17, 15) is 0 Å². The van der Waals surface area contributed by atoms with Crippen LogP contribution in [0.3, 0.4) is 0 Å². The fraction of sp³-hybridized carbons (Fsp3) is 0. The molecule has 0 fully saturated rings. The van der Waals surface area contributed by atoms with Gasteiger partial charge in [-0.3, -0.25) is 4.40 Å². The lowest BCUT2D eigenvalue weighted by Crippen LogP contribution is -1.93. The second-order valence-electron chi connectivity index (χ2n) is 3.56. The molecule has 0 aliphatic heterocycles. The summed E-state index contributed by atoms with van der Waals surface area (Å²) in [6.07, 6.45) is 3.62. The summed E-state index contributed by atoms with van der Waals surface area (Å²) < 4.78 is 2.75. The maximum absolute atomic E-state index is 5.91. The van der Waals surface area contributed by atoms with Crippen molar-refractivity contribution in [1.29, 1.82) is 0 Å². The summed E-state index contributed by atoms with van der Waals surface area (Å²) in [5.74, 6) is 0. The van der Waals surface area contributed by atoms with Crippen molar-refractivity contribution in [3.63, 3.8) is 0 Å². The van der Waals surface area contributed by atoms with Gasteiger partial charge in [-0.25, -0.2) is 4.98 Å². The largest absolute Gasteiger partial charge is 0.396 e. The monoisotopic (exact) mass is 321 g/mol. The van der Waals surface area contributed by atoms with Gasteiger partial charge >= 0.3 is 0 Å². The number of hydrogen-bond acceptors (Lipinski definition) is 5. The maximum Gasteiger partial charge on any atom is 0.201 e. The molecule has 7 heteroatoms. The van der Waals surface area contributed by atoms with Crippen LogP contribution in [0.1, 0.15) is 0 Å². The number of halogens is 1. The first-order valence-electron chi connectivity index (χ1n) is 5.13. The maximum atomic E-state index is 5.91. The molecule has 0 saturated carbocycles. The molecule has 0 bridgehead atoms. The van der Waals surface area contributed by atoms with Crippen molar-refractivity contribution in [3.05, 3.63) is 41.1 Å². The molecular formula is C11H8BrN5S. The zero-order valence-electron chi connectivity index (χ0n) is 9.12. The Morgan fingerprint density at radius 3 is 3.00 bits per heavy atom. The molecule has 0 atom stereocenters. The summed E-state index contributed by atoms with van der Waals surface area (Å²) in [4.78, 5) is 4.27. The average molecular weight is 322 g/mol. The van der Waals surface area contributed by atoms with Crippen molar-refractivity contribution in [2.75, 3.05) is 5.73 Å². The Hall–Kier alpha value is -1.60. The van der Waals surface area contributed by atoms with Crippen molar-refractivity contribution in [1.82, 2.24) is 19.6 Å². The van der Waals surface area contributed by atoms with Gasteiger partial charge in [0.25, 0.3) is 0 Å². The summed E-state index contributed by atoms with van der Waals surface area (Å²) in [5, 5.41) is 9.66. The number of hydrogen-bond donors (Lipinski definition) is 1. The van der Waals surface area contributed by atoms with Crippen LogP contribution in [0.25, 0.3) is 5.65 Å². The standard InChI is InChI=1S/C11H8BrN5S/c12-7-5-8(13)10(14-6-7)18-11-16-15-9-3-1-2-4-17(9)11/h1-6H,13H2. The molecular weight excluding hydrogens is 314 g/mol. The van der Waals surface area contributed by atoms with Gasteiger partial charge in [-0.1, -0.05) is 6.07 Å². The number of rotatable bonds is 2. The van der Waals surface area contributed by atoms with Gasteiger partial charge in [0.05, 0.1) is 5.69 Å². The van der Waals surface area contributed by atoms with Crippen LogP contribution in [0.2, 0.25) is 0 Å². The predicted molar refractivity (Wildman–Crippen MR) is 73.5 cm³/mol. The minimum Gasteiger partial charge on any atom is -0.396 e. The minimum absolute atomic E-state index is 0.613. The summed E-state index contributed by atoms with van der Waals surface area (Å²) in [5.41, 5.74) is 7.33. The molecule has 0 aliphatic rings. The van der Waals surface area contributed by atoms with Crippen LogP contribution < -0.4 is 5.73 Å². The molecule has 0 unspecified atom stereocenters. The first kappa shape index (κ1) is 11.5. The van der Waals surface area contributed by atoms with E-state index in [0.717, 1.165) is 20.3 Å². The highest BCUT2D eigenvalue weighted by Gasteiger charge is 2.10. The van der Waals surface area contributed by atoms with Crippen molar-refractivity contribution in [3.8, 4) is 0 Å². The highest BCUT2D eigenvalue weighted by molar-refractivity contribution is 9.10. The van der Waals surface area contributed by atoms with Gasteiger partial charge in [-0.2, -0.15) is 0 Å². The molecule has 3 rings (SSSR count). The molecule has 3 aromatic heterocycles. The van der Waals surface area contributed by atoms with Crippen LogP contribution >= 0.6 is 27.7 Å². The summed E-state index contributed by atoms with van der Waals surface area (Å²) >= 11 is 4.72. The van der Waals surface area contributed by atoms with Gasteiger partial charge in [0.1, 0.15) is 5.03 Å². The van der Waals surface area contributed by atoms with Gasteiger partial charge in [-0.05, 0) is 45.9 Å². The van der Waals surface area contributed by atoms with E-state index in [1.54, 1.807) is 6.20 Å². The fourth-order valence-electron chi connectivity index (χ4n) is 1.50. The molecule has 0 amide bonds. The Labute approximate surface area is 116 Å². The summed E-state index contributed by atoms with van der Waals surface area (Å²) in [6, 6.07) is 7.57. The first-order valence-corrected chi connectivity index (χ1v) is 6.73. The lowest BCUT2D eigenvalue weighted by atomic mass is 10.4. The van der Waals surface area contributed by atoms with Gasteiger partial charge in [0.2, 0.25) is 5.16 Å². The number of pyridine rings is 2. The molecule has 2 N–H and O–H groups in total. The van der Waals surface area contributed by atoms with Crippen molar-refractivity contribution in [2.45, 2.75) is 10.2 Å². The van der Waals surface area contributed by atoms with E-state index >= 15 is 0 Å². The smallest absolute Gasteiger partial charge is 0.201 e. The fourth-order valence-corrected chi connectivity index (χ4v) is 2.64. The van der Waals surface area contributed by atoms with Crippen molar-refractivity contribution in [2.24, 2.45) is 0 Å². The minimum atomic E-state index is 0.613. The number of anilines is 1. The quantitative estimate of drug-likeness (QED) is 0.785. The summed E-state index contributed by atoms with van der Waals surface area (Å²) in [7, 11) is 0. The van der Waals surface area contributed by atoms with E-state index in [-0.39, 0.29) is 0 Å². The molecule has 90 valence electrons. The molecule has 5 nitrogen and oxygen atoms in total. The van der Waals surface area contributed by atoms with Crippen molar-refractivity contribution < 1.29 is 0 Å². The lowest BCUT2D eigenvalue weighted by molar-refractivity contribution is 0.917. The molecule has 0 aliphatic carbocycles. The zero-order chi connectivity index (χ0) is 12.5. The second kappa shape index (κ2) is 4.58. The van der Waals surface area contributed by atoms with E-state index in [0.29, 0.717) is 5.69 Å².